The predicted molar refractivity (Wildman–Crippen MR) is 70.9 cm³/mol. The average molecular weight is 269 g/mol. The van der Waals surface area contributed by atoms with Crippen LogP contribution in [-0.2, 0) is 11.3 Å². The van der Waals surface area contributed by atoms with Crippen molar-refractivity contribution in [2.75, 3.05) is 6.61 Å². The third kappa shape index (κ3) is 4.98. The van der Waals surface area contributed by atoms with Crippen molar-refractivity contribution in [2.45, 2.75) is 59.1 Å². The van der Waals surface area contributed by atoms with Crippen molar-refractivity contribution in [2.24, 2.45) is 0 Å². The molecule has 0 aliphatic carbocycles. The summed E-state index contributed by atoms with van der Waals surface area (Å²) >= 11 is 0. The summed E-state index contributed by atoms with van der Waals surface area (Å²) in [5, 5.41) is 16.6. The molecule has 1 N–H and O–H groups in total. The highest BCUT2D eigenvalue weighted by molar-refractivity contribution is 5.88. The number of hydrogen-bond acceptors (Lipinski definition) is 5. The van der Waals surface area contributed by atoms with E-state index in [2.05, 4.69) is 10.3 Å². The van der Waals surface area contributed by atoms with Gasteiger partial charge in [0.15, 0.2) is 5.69 Å². The van der Waals surface area contributed by atoms with Crippen LogP contribution in [0.2, 0.25) is 0 Å². The quantitative estimate of drug-likeness (QED) is 0.628. The molecule has 0 spiro atoms. The molecule has 6 nitrogen and oxygen atoms in total. The van der Waals surface area contributed by atoms with Crippen molar-refractivity contribution in [1.82, 2.24) is 15.0 Å². The molecule has 6 heteroatoms. The third-order valence-corrected chi connectivity index (χ3v) is 2.60. The Kier molecular flexibility index (Phi) is 5.47. The molecule has 0 bridgehead atoms. The summed E-state index contributed by atoms with van der Waals surface area (Å²) < 4.78 is 6.98. The number of carbonyl (C=O) groups is 1. The highest BCUT2D eigenvalue weighted by Gasteiger charge is 2.23. The van der Waals surface area contributed by atoms with E-state index in [0.29, 0.717) is 6.54 Å². The number of nitrogens with zero attached hydrogens (tertiary/aromatic N) is 3. The molecule has 19 heavy (non-hydrogen) atoms. The Morgan fingerprint density at radius 1 is 1.32 bits per heavy atom. The molecule has 0 saturated carbocycles. The van der Waals surface area contributed by atoms with Crippen LogP contribution in [0.5, 0.6) is 0 Å². The molecule has 0 fully saturated rings. The van der Waals surface area contributed by atoms with Crippen LogP contribution in [0.4, 0.5) is 0 Å². The van der Waals surface area contributed by atoms with Crippen LogP contribution < -0.4 is 0 Å². The van der Waals surface area contributed by atoms with Crippen molar-refractivity contribution < 1.29 is 14.6 Å². The van der Waals surface area contributed by atoms with E-state index in [1.807, 2.05) is 27.7 Å². The van der Waals surface area contributed by atoms with Crippen LogP contribution in [0.1, 0.15) is 56.2 Å². The Labute approximate surface area is 113 Å². The minimum absolute atomic E-state index is 0.208. The molecule has 0 amide bonds. The smallest absolute Gasteiger partial charge is 0.361 e. The van der Waals surface area contributed by atoms with Crippen LogP contribution in [-0.4, -0.2) is 38.3 Å². The topological polar surface area (TPSA) is 77.2 Å². The van der Waals surface area contributed by atoms with E-state index in [0.717, 1.165) is 25.0 Å². The molecule has 0 aliphatic heterocycles. The second-order valence-electron chi connectivity index (χ2n) is 5.53. The maximum absolute atomic E-state index is 11.9. The molecular formula is C13H23N3O3. The number of ether oxygens (including phenoxy) is 1. The van der Waals surface area contributed by atoms with E-state index in [1.165, 1.54) is 0 Å². The Balaban J connectivity index is 2.62. The molecular weight excluding hydrogens is 246 g/mol. The van der Waals surface area contributed by atoms with Crippen LogP contribution in [0, 0.1) is 6.92 Å². The van der Waals surface area contributed by atoms with Gasteiger partial charge in [-0.05, 0) is 47.0 Å². The van der Waals surface area contributed by atoms with Gasteiger partial charge in [0.25, 0.3) is 0 Å². The number of esters is 1. The largest absolute Gasteiger partial charge is 0.455 e. The highest BCUT2D eigenvalue weighted by Crippen LogP contribution is 2.13. The van der Waals surface area contributed by atoms with Crippen molar-refractivity contribution in [3.05, 3.63) is 11.4 Å². The Hall–Kier alpha value is -1.43. The fourth-order valence-electron chi connectivity index (χ4n) is 1.64. The minimum atomic E-state index is -0.533. The van der Waals surface area contributed by atoms with Gasteiger partial charge in [-0.25, -0.2) is 9.48 Å². The normalized spacial score (nSPS) is 11.6. The van der Waals surface area contributed by atoms with Gasteiger partial charge in [0.05, 0.1) is 5.69 Å². The lowest BCUT2D eigenvalue weighted by atomic mass is 10.2. The summed E-state index contributed by atoms with van der Waals surface area (Å²) in [6.07, 6.45) is 2.61. The van der Waals surface area contributed by atoms with Crippen LogP contribution in [0.3, 0.4) is 0 Å². The molecule has 1 rings (SSSR count). The second kappa shape index (κ2) is 6.65. The molecule has 108 valence electrons. The summed E-state index contributed by atoms with van der Waals surface area (Å²) in [5.74, 6) is -0.438. The maximum atomic E-state index is 11.9. The Morgan fingerprint density at radius 3 is 2.58 bits per heavy atom. The Morgan fingerprint density at radius 2 is 2.00 bits per heavy atom. The molecule has 0 unspecified atom stereocenters. The number of hydrogen-bond donors (Lipinski definition) is 1. The molecule has 0 aromatic carbocycles. The van der Waals surface area contributed by atoms with E-state index in [-0.39, 0.29) is 12.3 Å². The molecule has 0 radical (unpaired) electrons. The number of carbonyl (C=O) groups excluding carboxylic acids is 1. The second-order valence-corrected chi connectivity index (χ2v) is 5.53. The molecule has 1 heterocycles. The lowest BCUT2D eigenvalue weighted by Crippen LogP contribution is -2.24. The first-order chi connectivity index (χ1) is 8.85. The monoisotopic (exact) mass is 269 g/mol. The SMILES string of the molecule is Cc1c(C(=O)OC(C)(C)C)nnn1CCCCCO. The fourth-order valence-corrected chi connectivity index (χ4v) is 1.64. The number of aliphatic hydroxyl groups is 1. The van der Waals surface area contributed by atoms with Gasteiger partial charge in [-0.15, -0.1) is 5.10 Å². The molecule has 0 atom stereocenters. The first kappa shape index (κ1) is 15.6. The zero-order valence-electron chi connectivity index (χ0n) is 12.1. The summed E-state index contributed by atoms with van der Waals surface area (Å²) in [7, 11) is 0. The van der Waals surface area contributed by atoms with Gasteiger partial charge in [0.1, 0.15) is 5.60 Å². The first-order valence-corrected chi connectivity index (χ1v) is 6.59. The highest BCUT2D eigenvalue weighted by atomic mass is 16.6. The van der Waals surface area contributed by atoms with E-state index in [9.17, 15) is 4.79 Å². The van der Waals surface area contributed by atoms with Gasteiger partial charge >= 0.3 is 5.97 Å². The average Bonchev–Trinajstić information content (AvgIpc) is 2.64. The standard InChI is InChI=1S/C13H23N3O3/c1-10-11(12(18)19-13(2,3)4)14-15-16(10)8-6-5-7-9-17/h17H,5-9H2,1-4H3. The van der Waals surface area contributed by atoms with Crippen molar-refractivity contribution in [1.29, 1.82) is 0 Å². The lowest BCUT2D eigenvalue weighted by molar-refractivity contribution is 0.00618. The van der Waals surface area contributed by atoms with Gasteiger partial charge in [-0.2, -0.15) is 0 Å². The Bertz CT molecular complexity index is 421. The van der Waals surface area contributed by atoms with Gasteiger partial charge in [0.2, 0.25) is 0 Å². The third-order valence-electron chi connectivity index (χ3n) is 2.60. The predicted octanol–water partition coefficient (Wildman–Crippen LogP) is 1.70. The summed E-state index contributed by atoms with van der Waals surface area (Å²) in [4.78, 5) is 11.9. The van der Waals surface area contributed by atoms with E-state index in [1.54, 1.807) is 4.68 Å². The summed E-state index contributed by atoms with van der Waals surface area (Å²) in [5.41, 5.74) is 0.462. The number of aromatic nitrogens is 3. The van der Waals surface area contributed by atoms with E-state index in [4.69, 9.17) is 9.84 Å². The van der Waals surface area contributed by atoms with Crippen LogP contribution in [0.15, 0.2) is 0 Å². The van der Waals surface area contributed by atoms with Gasteiger partial charge in [-0.1, -0.05) is 5.21 Å². The summed E-state index contributed by atoms with van der Waals surface area (Å²) in [6, 6.07) is 0. The van der Waals surface area contributed by atoms with Crippen molar-refractivity contribution >= 4 is 5.97 Å². The van der Waals surface area contributed by atoms with Crippen LogP contribution >= 0.6 is 0 Å². The van der Waals surface area contributed by atoms with Gasteiger partial charge < -0.3 is 9.84 Å². The van der Waals surface area contributed by atoms with E-state index < -0.39 is 11.6 Å². The maximum Gasteiger partial charge on any atom is 0.361 e. The number of unbranched alkanes of at least 4 members (excludes halogenated alkanes) is 2. The zero-order chi connectivity index (χ0) is 14.5. The zero-order valence-corrected chi connectivity index (χ0v) is 12.1. The van der Waals surface area contributed by atoms with Crippen molar-refractivity contribution in [3.8, 4) is 0 Å². The number of rotatable bonds is 6. The lowest BCUT2D eigenvalue weighted by Gasteiger charge is -2.18. The molecule has 1 aromatic heterocycles. The van der Waals surface area contributed by atoms with Crippen molar-refractivity contribution in [3.63, 3.8) is 0 Å². The van der Waals surface area contributed by atoms with Gasteiger partial charge in [-0.3, -0.25) is 0 Å². The number of aryl methyl sites for hydroxylation is 1. The molecule has 0 saturated heterocycles. The number of aliphatic hydroxyl groups excluding tert-OH is 1. The minimum Gasteiger partial charge on any atom is -0.455 e. The molecule has 0 aliphatic rings. The van der Waals surface area contributed by atoms with E-state index >= 15 is 0 Å². The van der Waals surface area contributed by atoms with Gasteiger partial charge in [0, 0.05) is 13.2 Å². The summed E-state index contributed by atoms with van der Waals surface area (Å²) in [6.45, 7) is 8.17. The fraction of sp³-hybridized carbons (Fsp3) is 0.769. The van der Waals surface area contributed by atoms with Crippen LogP contribution in [0.25, 0.3) is 0 Å². The molecule has 1 aromatic rings. The first-order valence-electron chi connectivity index (χ1n) is 6.59.